The summed E-state index contributed by atoms with van der Waals surface area (Å²) < 4.78 is 5.62. The number of Topliss-reactive ketones (excluding diaryl/α,β-unsaturated/α-hetero) is 2. The van der Waals surface area contributed by atoms with Gasteiger partial charge in [0.05, 0.1) is 0 Å². The third-order valence-electron chi connectivity index (χ3n) is 9.12. The van der Waals surface area contributed by atoms with E-state index in [0.29, 0.717) is 12.8 Å². The van der Waals surface area contributed by atoms with Crippen LogP contribution in [0.2, 0.25) is 0 Å². The summed E-state index contributed by atoms with van der Waals surface area (Å²) in [6.07, 6.45) is 2.50. The summed E-state index contributed by atoms with van der Waals surface area (Å²) in [6, 6.07) is 0. The summed E-state index contributed by atoms with van der Waals surface area (Å²) in [4.78, 5) is 50.5. The molecule has 3 saturated carbocycles. The molecule has 0 heterocycles. The second-order valence-electron chi connectivity index (χ2n) is 10.6. The van der Waals surface area contributed by atoms with Gasteiger partial charge >= 0.3 is 5.97 Å². The van der Waals surface area contributed by atoms with Crippen molar-refractivity contribution < 1.29 is 34.1 Å². The fraction of sp³-hybridized carbons (Fsp3) is 0.750. The molecule has 7 heteroatoms. The lowest BCUT2D eigenvalue weighted by Crippen LogP contribution is -2.64. The van der Waals surface area contributed by atoms with Gasteiger partial charge in [0.2, 0.25) is 0 Å². The van der Waals surface area contributed by atoms with Crippen LogP contribution >= 0.6 is 0 Å². The van der Waals surface area contributed by atoms with Gasteiger partial charge in [0.1, 0.15) is 24.1 Å². The molecule has 7 nitrogen and oxygen atoms in total. The molecule has 8 atom stereocenters. The van der Waals surface area contributed by atoms with Crippen molar-refractivity contribution in [3.63, 3.8) is 0 Å². The van der Waals surface area contributed by atoms with E-state index >= 15 is 0 Å². The van der Waals surface area contributed by atoms with E-state index in [1.165, 1.54) is 6.92 Å². The average Bonchev–Trinajstić information content (AvgIpc) is 2.94. The Morgan fingerprint density at radius 1 is 1.26 bits per heavy atom. The lowest BCUT2D eigenvalue weighted by atomic mass is 9.43. The summed E-state index contributed by atoms with van der Waals surface area (Å²) in [6.45, 7) is 6.33. The highest BCUT2D eigenvalue weighted by Gasteiger charge is 2.70. The fourth-order valence-electron chi connectivity index (χ4n) is 7.77. The van der Waals surface area contributed by atoms with E-state index in [2.05, 4.69) is 0 Å². The van der Waals surface area contributed by atoms with Gasteiger partial charge in [-0.25, -0.2) is 0 Å². The number of fused-ring (bicyclic) bond motifs is 5. The minimum atomic E-state index is -1.72. The van der Waals surface area contributed by atoms with Gasteiger partial charge in [-0.15, -0.1) is 0 Å². The van der Waals surface area contributed by atoms with Gasteiger partial charge in [0.15, 0.2) is 11.6 Å². The van der Waals surface area contributed by atoms with E-state index in [9.17, 15) is 29.4 Å². The van der Waals surface area contributed by atoms with Crippen molar-refractivity contribution in [1.29, 1.82) is 0 Å². The molecular formula is C24H32O7. The highest BCUT2D eigenvalue weighted by molar-refractivity contribution is 5.95. The van der Waals surface area contributed by atoms with Crippen LogP contribution in [0, 0.1) is 34.5 Å². The number of carbonyl (C=O) groups excluding carboxylic acids is 4. The van der Waals surface area contributed by atoms with Crippen LogP contribution in [0.3, 0.4) is 0 Å². The molecule has 170 valence electrons. The van der Waals surface area contributed by atoms with E-state index in [-0.39, 0.29) is 48.6 Å². The highest BCUT2D eigenvalue weighted by Crippen LogP contribution is 2.67. The van der Waals surface area contributed by atoms with Crippen LogP contribution in [-0.4, -0.2) is 51.8 Å². The van der Waals surface area contributed by atoms with Gasteiger partial charge in [0.25, 0.3) is 0 Å². The second-order valence-corrected chi connectivity index (χ2v) is 10.6. The van der Waals surface area contributed by atoms with Gasteiger partial charge in [-0.05, 0) is 43.1 Å². The van der Waals surface area contributed by atoms with E-state index in [1.54, 1.807) is 13.0 Å². The first-order chi connectivity index (χ1) is 14.4. The van der Waals surface area contributed by atoms with Crippen molar-refractivity contribution >= 4 is 23.3 Å². The van der Waals surface area contributed by atoms with Gasteiger partial charge < -0.3 is 14.9 Å². The topological polar surface area (TPSA) is 118 Å². The minimum Gasteiger partial charge on any atom is -0.461 e. The first-order valence-electron chi connectivity index (χ1n) is 11.2. The molecule has 0 saturated heterocycles. The maximum absolute atomic E-state index is 13.7. The number of hydrogen-bond acceptors (Lipinski definition) is 7. The number of hydrogen-bond donors (Lipinski definition) is 2. The molecule has 0 aromatic carbocycles. The Balaban J connectivity index is 1.82. The zero-order valence-electron chi connectivity index (χ0n) is 18.6. The Kier molecular flexibility index (Phi) is 5.10. The molecule has 4 rings (SSSR count). The Hall–Kier alpha value is -1.86. The molecule has 4 aliphatic rings. The molecule has 0 bridgehead atoms. The molecule has 2 N–H and O–H groups in total. The van der Waals surface area contributed by atoms with Crippen molar-refractivity contribution in [2.24, 2.45) is 34.5 Å². The van der Waals surface area contributed by atoms with Crippen molar-refractivity contribution in [3.05, 3.63) is 11.6 Å². The van der Waals surface area contributed by atoms with Crippen molar-refractivity contribution in [1.82, 2.24) is 0 Å². The van der Waals surface area contributed by atoms with Crippen LogP contribution in [0.4, 0.5) is 0 Å². The van der Waals surface area contributed by atoms with Crippen molar-refractivity contribution in [2.75, 3.05) is 6.61 Å². The van der Waals surface area contributed by atoms with Crippen LogP contribution in [0.1, 0.15) is 59.8 Å². The third kappa shape index (κ3) is 2.85. The number of esters is 1. The molecule has 0 aromatic rings. The Morgan fingerprint density at radius 3 is 2.55 bits per heavy atom. The summed E-state index contributed by atoms with van der Waals surface area (Å²) in [7, 11) is 0. The molecule has 0 amide bonds. The lowest BCUT2D eigenvalue weighted by Gasteiger charge is -2.60. The number of carbonyl (C=O) groups is 4. The van der Waals surface area contributed by atoms with E-state index in [1.807, 2.05) is 13.8 Å². The van der Waals surface area contributed by atoms with Gasteiger partial charge in [-0.2, -0.15) is 0 Å². The smallest absolute Gasteiger partial charge is 0.302 e. The molecular weight excluding hydrogens is 400 g/mol. The lowest BCUT2D eigenvalue weighted by molar-refractivity contribution is -0.182. The van der Waals surface area contributed by atoms with Crippen molar-refractivity contribution in [2.45, 2.75) is 71.5 Å². The van der Waals surface area contributed by atoms with Crippen LogP contribution in [-0.2, 0) is 23.9 Å². The predicted octanol–water partition coefficient (Wildman–Crippen LogP) is 1.78. The fourth-order valence-corrected chi connectivity index (χ4v) is 7.77. The molecule has 31 heavy (non-hydrogen) atoms. The maximum atomic E-state index is 13.7. The SMILES string of the molecule is CC(=O)OC1CC(=O)C=C2C(C)C[C@H]3[C@@H]4CC[C@](O)(C(=O)CO)[C@@]4(C)CC(=O)[C@@H]3[C@]21C. The standard InChI is InChI=1S/C24H32O7/c1-12-7-15-16-5-6-24(30,19(29)11-25)22(16,3)10-18(28)21(15)23(4)17(12)8-14(27)9-20(23)31-13(2)26/h8,12,15-16,20-21,25,30H,5-7,9-11H2,1-4H3/t12?,15-,16-,20?,21+,22-,23+,24-/m0/s1. The molecule has 0 aromatic heterocycles. The maximum Gasteiger partial charge on any atom is 0.302 e. The molecule has 0 radical (unpaired) electrons. The first-order valence-corrected chi connectivity index (χ1v) is 11.2. The average molecular weight is 433 g/mol. The van der Waals surface area contributed by atoms with Crippen LogP contribution < -0.4 is 0 Å². The molecule has 4 aliphatic carbocycles. The largest absolute Gasteiger partial charge is 0.461 e. The van der Waals surface area contributed by atoms with E-state index < -0.39 is 46.8 Å². The number of aliphatic hydroxyl groups is 2. The van der Waals surface area contributed by atoms with Gasteiger partial charge in [-0.3, -0.25) is 19.2 Å². The minimum absolute atomic E-state index is 0.00550. The summed E-state index contributed by atoms with van der Waals surface area (Å²) in [5.41, 5.74) is -2.58. The summed E-state index contributed by atoms with van der Waals surface area (Å²) in [5, 5.41) is 20.8. The van der Waals surface area contributed by atoms with Crippen LogP contribution in [0.5, 0.6) is 0 Å². The quantitative estimate of drug-likeness (QED) is 0.653. The van der Waals surface area contributed by atoms with Crippen LogP contribution in [0.15, 0.2) is 11.6 Å². The predicted molar refractivity (Wildman–Crippen MR) is 110 cm³/mol. The number of ketones is 3. The normalized spacial score (nSPS) is 46.5. The van der Waals surface area contributed by atoms with Gasteiger partial charge in [0, 0.05) is 36.5 Å². The second kappa shape index (κ2) is 7.07. The zero-order chi connectivity index (χ0) is 22.9. The third-order valence-corrected chi connectivity index (χ3v) is 9.12. The van der Waals surface area contributed by atoms with E-state index in [4.69, 9.17) is 4.74 Å². The first kappa shape index (κ1) is 22.3. The van der Waals surface area contributed by atoms with Crippen molar-refractivity contribution in [3.8, 4) is 0 Å². The molecule has 2 unspecified atom stereocenters. The Bertz CT molecular complexity index is 890. The summed E-state index contributed by atoms with van der Waals surface area (Å²) >= 11 is 0. The number of rotatable bonds is 3. The Labute approximate surface area is 182 Å². The molecule has 0 spiro atoms. The number of aliphatic hydroxyl groups excluding tert-OH is 1. The number of ether oxygens (including phenoxy) is 1. The molecule has 3 fully saturated rings. The Morgan fingerprint density at radius 2 is 1.94 bits per heavy atom. The summed E-state index contributed by atoms with van der Waals surface area (Å²) in [5.74, 6) is -1.89. The van der Waals surface area contributed by atoms with Crippen LogP contribution in [0.25, 0.3) is 0 Å². The highest BCUT2D eigenvalue weighted by atomic mass is 16.5. The van der Waals surface area contributed by atoms with Gasteiger partial charge in [-0.1, -0.05) is 26.3 Å². The monoisotopic (exact) mass is 432 g/mol. The zero-order valence-corrected chi connectivity index (χ0v) is 18.6. The molecule has 0 aliphatic heterocycles. The van der Waals surface area contributed by atoms with E-state index in [0.717, 1.165) is 5.57 Å².